The van der Waals surface area contributed by atoms with Gasteiger partial charge in [-0.2, -0.15) is 0 Å². The van der Waals surface area contributed by atoms with Crippen molar-refractivity contribution in [1.29, 1.82) is 0 Å². The molecule has 0 radical (unpaired) electrons. The Labute approximate surface area is 103 Å². The monoisotopic (exact) mass is 247 g/mol. The SMILES string of the molecule is Cc1nc2ccc(C(=O)O)cc2n1C(C)C(N)=O. The van der Waals surface area contributed by atoms with Crippen LogP contribution in [0.3, 0.4) is 0 Å². The van der Waals surface area contributed by atoms with Gasteiger partial charge in [0, 0.05) is 0 Å². The molecule has 0 aliphatic heterocycles. The molecule has 1 unspecified atom stereocenters. The predicted octanol–water partition coefficient (Wildman–Crippen LogP) is 1.09. The molecule has 0 aliphatic rings. The lowest BCUT2D eigenvalue weighted by Crippen LogP contribution is -2.24. The van der Waals surface area contributed by atoms with E-state index in [1.54, 1.807) is 24.5 Å². The van der Waals surface area contributed by atoms with Crippen LogP contribution in [0.1, 0.15) is 29.1 Å². The van der Waals surface area contributed by atoms with E-state index in [2.05, 4.69) is 4.98 Å². The van der Waals surface area contributed by atoms with Gasteiger partial charge in [0.05, 0.1) is 16.6 Å². The maximum absolute atomic E-state index is 11.3. The van der Waals surface area contributed by atoms with Crippen LogP contribution >= 0.6 is 0 Å². The van der Waals surface area contributed by atoms with E-state index >= 15 is 0 Å². The molecule has 1 amide bonds. The van der Waals surface area contributed by atoms with Crippen LogP contribution in [0.2, 0.25) is 0 Å². The molecular formula is C12H13N3O3. The zero-order valence-electron chi connectivity index (χ0n) is 10.0. The molecule has 0 saturated heterocycles. The average molecular weight is 247 g/mol. The van der Waals surface area contributed by atoms with Gasteiger partial charge in [-0.3, -0.25) is 4.79 Å². The fraction of sp³-hybridized carbons (Fsp3) is 0.250. The standard InChI is InChI=1S/C12H13N3O3/c1-6(11(13)16)15-7(2)14-9-4-3-8(12(17)18)5-10(9)15/h3-6H,1-2H3,(H2,13,16)(H,17,18). The Hall–Kier alpha value is -2.37. The van der Waals surface area contributed by atoms with E-state index in [4.69, 9.17) is 10.8 Å². The van der Waals surface area contributed by atoms with E-state index in [1.165, 1.54) is 12.1 Å². The van der Waals surface area contributed by atoms with E-state index in [0.29, 0.717) is 16.9 Å². The van der Waals surface area contributed by atoms with Crippen LogP contribution in [-0.4, -0.2) is 26.5 Å². The fourth-order valence-electron chi connectivity index (χ4n) is 1.96. The number of aromatic nitrogens is 2. The Morgan fingerprint density at radius 1 is 1.44 bits per heavy atom. The van der Waals surface area contributed by atoms with Gasteiger partial charge in [0.1, 0.15) is 11.9 Å². The molecule has 0 spiro atoms. The third kappa shape index (κ3) is 1.81. The van der Waals surface area contributed by atoms with Crippen molar-refractivity contribution < 1.29 is 14.7 Å². The van der Waals surface area contributed by atoms with Crippen molar-refractivity contribution in [3.8, 4) is 0 Å². The first-order valence-corrected chi connectivity index (χ1v) is 5.43. The summed E-state index contributed by atoms with van der Waals surface area (Å²) in [5.74, 6) is -0.883. The summed E-state index contributed by atoms with van der Waals surface area (Å²) in [5.41, 5.74) is 6.67. The number of hydrogen-bond acceptors (Lipinski definition) is 3. The number of hydrogen-bond donors (Lipinski definition) is 2. The highest BCUT2D eigenvalue weighted by atomic mass is 16.4. The lowest BCUT2D eigenvalue weighted by Gasteiger charge is -2.12. The zero-order valence-corrected chi connectivity index (χ0v) is 10.0. The van der Waals surface area contributed by atoms with Gasteiger partial charge < -0.3 is 15.4 Å². The van der Waals surface area contributed by atoms with E-state index in [0.717, 1.165) is 0 Å². The molecule has 18 heavy (non-hydrogen) atoms. The molecule has 1 aromatic carbocycles. The number of nitrogens with zero attached hydrogens (tertiary/aromatic N) is 2. The summed E-state index contributed by atoms with van der Waals surface area (Å²) in [6, 6.07) is 4.03. The van der Waals surface area contributed by atoms with E-state index in [1.807, 2.05) is 0 Å². The molecule has 3 N–H and O–H groups in total. The van der Waals surface area contributed by atoms with Crippen LogP contribution in [0.4, 0.5) is 0 Å². The first-order valence-electron chi connectivity index (χ1n) is 5.43. The first-order chi connectivity index (χ1) is 8.41. The molecule has 1 atom stereocenters. The second-order valence-corrected chi connectivity index (χ2v) is 4.12. The van der Waals surface area contributed by atoms with Crippen molar-refractivity contribution in [2.75, 3.05) is 0 Å². The number of carboxylic acids is 1. The molecule has 1 aromatic heterocycles. The lowest BCUT2D eigenvalue weighted by molar-refractivity contribution is -0.120. The average Bonchev–Trinajstić information content (AvgIpc) is 2.62. The molecular weight excluding hydrogens is 234 g/mol. The van der Waals surface area contributed by atoms with Gasteiger partial charge in [-0.1, -0.05) is 0 Å². The number of fused-ring (bicyclic) bond motifs is 1. The van der Waals surface area contributed by atoms with Crippen molar-refractivity contribution in [3.05, 3.63) is 29.6 Å². The Kier molecular flexibility index (Phi) is 2.78. The summed E-state index contributed by atoms with van der Waals surface area (Å²) in [7, 11) is 0. The predicted molar refractivity (Wildman–Crippen MR) is 65.3 cm³/mol. The minimum Gasteiger partial charge on any atom is -0.478 e. The summed E-state index contributed by atoms with van der Waals surface area (Å²) < 4.78 is 1.64. The second-order valence-electron chi connectivity index (χ2n) is 4.12. The van der Waals surface area contributed by atoms with Gasteiger partial charge in [0.2, 0.25) is 5.91 Å². The van der Waals surface area contributed by atoms with Gasteiger partial charge in [0.15, 0.2) is 0 Å². The summed E-state index contributed by atoms with van der Waals surface area (Å²) in [6.45, 7) is 3.41. The van der Waals surface area contributed by atoms with Crippen molar-refractivity contribution in [2.24, 2.45) is 5.73 Å². The smallest absolute Gasteiger partial charge is 0.335 e. The number of benzene rings is 1. The van der Waals surface area contributed by atoms with Gasteiger partial charge in [-0.25, -0.2) is 9.78 Å². The summed E-state index contributed by atoms with van der Waals surface area (Å²) >= 11 is 0. The number of aromatic carboxylic acids is 1. The Morgan fingerprint density at radius 2 is 2.11 bits per heavy atom. The van der Waals surface area contributed by atoms with E-state index < -0.39 is 17.9 Å². The largest absolute Gasteiger partial charge is 0.478 e. The Balaban J connectivity index is 2.71. The lowest BCUT2D eigenvalue weighted by atomic mass is 10.2. The number of carboxylic acid groups (broad SMARTS) is 1. The molecule has 0 aliphatic carbocycles. The van der Waals surface area contributed by atoms with Crippen LogP contribution in [0, 0.1) is 6.92 Å². The Bertz CT molecular complexity index is 645. The van der Waals surface area contributed by atoms with Crippen LogP contribution < -0.4 is 5.73 Å². The van der Waals surface area contributed by atoms with Crippen LogP contribution in [0.25, 0.3) is 11.0 Å². The van der Waals surface area contributed by atoms with Crippen molar-refractivity contribution in [1.82, 2.24) is 9.55 Å². The summed E-state index contributed by atoms with van der Waals surface area (Å²) in [5, 5.41) is 8.97. The normalized spacial score (nSPS) is 12.6. The number of nitrogens with two attached hydrogens (primary N) is 1. The molecule has 2 aromatic rings. The number of amides is 1. The van der Waals surface area contributed by atoms with Gasteiger partial charge in [-0.05, 0) is 32.0 Å². The van der Waals surface area contributed by atoms with Gasteiger partial charge in [0.25, 0.3) is 0 Å². The first kappa shape index (κ1) is 12.1. The topological polar surface area (TPSA) is 98.2 Å². The minimum absolute atomic E-state index is 0.153. The summed E-state index contributed by atoms with van der Waals surface area (Å²) in [6.07, 6.45) is 0. The number of rotatable bonds is 3. The van der Waals surface area contributed by atoms with Crippen LogP contribution in [0.15, 0.2) is 18.2 Å². The van der Waals surface area contributed by atoms with Crippen LogP contribution in [-0.2, 0) is 4.79 Å². The van der Waals surface area contributed by atoms with Gasteiger partial charge >= 0.3 is 5.97 Å². The van der Waals surface area contributed by atoms with E-state index in [-0.39, 0.29) is 5.56 Å². The molecule has 1 heterocycles. The van der Waals surface area contributed by atoms with Crippen molar-refractivity contribution in [3.63, 3.8) is 0 Å². The molecule has 6 nitrogen and oxygen atoms in total. The maximum Gasteiger partial charge on any atom is 0.335 e. The number of aryl methyl sites for hydroxylation is 1. The highest BCUT2D eigenvalue weighted by Gasteiger charge is 2.18. The third-order valence-electron chi connectivity index (χ3n) is 2.91. The Morgan fingerprint density at radius 3 is 2.67 bits per heavy atom. The molecule has 94 valence electrons. The van der Waals surface area contributed by atoms with Crippen LogP contribution in [0.5, 0.6) is 0 Å². The molecule has 0 bridgehead atoms. The van der Waals surface area contributed by atoms with Crippen molar-refractivity contribution in [2.45, 2.75) is 19.9 Å². The zero-order chi connectivity index (χ0) is 13.4. The quantitative estimate of drug-likeness (QED) is 0.848. The number of primary amides is 1. The third-order valence-corrected chi connectivity index (χ3v) is 2.91. The molecule has 0 saturated carbocycles. The molecule has 0 fully saturated rings. The molecule has 2 rings (SSSR count). The highest BCUT2D eigenvalue weighted by molar-refractivity contribution is 5.93. The maximum atomic E-state index is 11.3. The molecule has 6 heteroatoms. The number of imidazole rings is 1. The van der Waals surface area contributed by atoms with Crippen molar-refractivity contribution >= 4 is 22.9 Å². The number of carbonyl (C=O) groups is 2. The number of carbonyl (C=O) groups excluding carboxylic acids is 1. The van der Waals surface area contributed by atoms with Gasteiger partial charge in [-0.15, -0.1) is 0 Å². The highest BCUT2D eigenvalue weighted by Crippen LogP contribution is 2.22. The summed E-state index contributed by atoms with van der Waals surface area (Å²) in [4.78, 5) is 26.5. The fourth-order valence-corrected chi connectivity index (χ4v) is 1.96. The second kappa shape index (κ2) is 4.14. The minimum atomic E-state index is -1.02. The van der Waals surface area contributed by atoms with E-state index in [9.17, 15) is 9.59 Å².